The molecule has 0 aliphatic heterocycles. The topological polar surface area (TPSA) is 81.8 Å². The van der Waals surface area contributed by atoms with Crippen molar-refractivity contribution in [3.63, 3.8) is 0 Å². The average molecular weight is 379 g/mol. The fourth-order valence-electron chi connectivity index (χ4n) is 4.03. The van der Waals surface area contributed by atoms with Gasteiger partial charge in [0.15, 0.2) is 0 Å². The zero-order valence-electron chi connectivity index (χ0n) is 13.3. The predicted molar refractivity (Wildman–Crippen MR) is 104 cm³/mol. The molecule has 5 aromatic rings. The van der Waals surface area contributed by atoms with Crippen LogP contribution in [0.4, 0.5) is 0 Å². The third kappa shape index (κ3) is 1.81. The largest absolute Gasteiger partial charge is 0.298 e. The lowest BCUT2D eigenvalue weighted by Crippen LogP contribution is -2.29. The van der Waals surface area contributed by atoms with Gasteiger partial charge < -0.3 is 0 Å². The molecular formula is C20H11ClN2O2S. The van der Waals surface area contributed by atoms with Crippen LogP contribution in [0.15, 0.2) is 59.5 Å². The van der Waals surface area contributed by atoms with Gasteiger partial charge in [0.25, 0.3) is 9.05 Å². The normalized spacial score (nSPS) is 12.7. The van der Waals surface area contributed by atoms with Crippen LogP contribution in [-0.2, 0) is 9.05 Å². The van der Waals surface area contributed by atoms with Crippen LogP contribution >= 0.6 is 10.7 Å². The van der Waals surface area contributed by atoms with Crippen molar-refractivity contribution in [2.24, 2.45) is 0 Å². The number of halogens is 1. The molecule has 6 heteroatoms. The summed E-state index contributed by atoms with van der Waals surface area (Å²) in [5, 5.41) is 22.7. The van der Waals surface area contributed by atoms with E-state index >= 15 is 0 Å². The van der Waals surface area contributed by atoms with Crippen LogP contribution in [0.2, 0.25) is 0 Å². The summed E-state index contributed by atoms with van der Waals surface area (Å²) in [5.41, 5.74) is 0. The highest BCUT2D eigenvalue weighted by molar-refractivity contribution is 8.13. The summed E-state index contributed by atoms with van der Waals surface area (Å²) in [7, 11) is 1.47. The minimum atomic E-state index is -4.16. The van der Waals surface area contributed by atoms with Gasteiger partial charge in [-0.25, -0.2) is 8.42 Å². The van der Waals surface area contributed by atoms with E-state index in [1.807, 2.05) is 42.5 Å². The van der Waals surface area contributed by atoms with E-state index in [0.29, 0.717) is 16.2 Å². The first-order valence-corrected chi connectivity index (χ1v) is 10.2. The van der Waals surface area contributed by atoms with E-state index in [2.05, 4.69) is 0 Å². The number of benzene rings is 5. The van der Waals surface area contributed by atoms with Gasteiger partial charge in [-0.15, -0.1) is 0 Å². The Labute approximate surface area is 152 Å². The van der Waals surface area contributed by atoms with Crippen LogP contribution in [0.3, 0.4) is 0 Å². The van der Waals surface area contributed by atoms with Crippen molar-refractivity contribution in [3.8, 4) is 0 Å². The third-order valence-electron chi connectivity index (χ3n) is 4.99. The molecule has 0 atom stereocenters. The van der Waals surface area contributed by atoms with E-state index < -0.39 is 9.05 Å². The van der Waals surface area contributed by atoms with Crippen LogP contribution < -0.4 is 10.7 Å². The number of hydrogen-bond acceptors (Lipinski definition) is 4. The lowest BCUT2D eigenvalue weighted by Gasteiger charge is -2.15. The van der Waals surface area contributed by atoms with Gasteiger partial charge in [-0.05, 0) is 26.9 Å². The van der Waals surface area contributed by atoms with Crippen molar-refractivity contribution in [3.05, 3.63) is 65.3 Å². The highest BCUT2D eigenvalue weighted by atomic mass is 35.7. The van der Waals surface area contributed by atoms with E-state index in [-0.39, 0.29) is 15.6 Å². The minimum absolute atomic E-state index is 0.119. The molecule has 0 heterocycles. The summed E-state index contributed by atoms with van der Waals surface area (Å²) in [4.78, 5) is -0.295. The second-order valence-corrected chi connectivity index (χ2v) is 8.83. The van der Waals surface area contributed by atoms with Gasteiger partial charge in [0, 0.05) is 26.8 Å². The molecule has 0 amide bonds. The van der Waals surface area contributed by atoms with Crippen molar-refractivity contribution in [1.82, 2.24) is 0 Å². The third-order valence-corrected chi connectivity index (χ3v) is 6.37. The smallest absolute Gasteiger partial charge is 0.264 e. The van der Waals surface area contributed by atoms with Gasteiger partial charge in [-0.3, -0.25) is 10.8 Å². The molecule has 0 unspecified atom stereocenters. The van der Waals surface area contributed by atoms with Crippen molar-refractivity contribution < 1.29 is 8.42 Å². The molecule has 0 spiro atoms. The van der Waals surface area contributed by atoms with Crippen LogP contribution in [0.5, 0.6) is 0 Å². The Morgan fingerprint density at radius 3 is 1.85 bits per heavy atom. The van der Waals surface area contributed by atoms with Crippen molar-refractivity contribution in [2.75, 3.05) is 0 Å². The first-order chi connectivity index (χ1) is 12.4. The highest BCUT2D eigenvalue weighted by Crippen LogP contribution is 2.39. The molecule has 0 radical (unpaired) electrons. The van der Waals surface area contributed by atoms with Gasteiger partial charge in [-0.2, -0.15) is 0 Å². The SMILES string of the molecule is N=c1c(S(=O)(=O)Cl)c2cccc3c4cccc5cccc(c(c1=N)c23)c54. The molecule has 0 bridgehead atoms. The van der Waals surface area contributed by atoms with Gasteiger partial charge in [0.1, 0.15) is 10.3 Å². The Morgan fingerprint density at radius 1 is 0.654 bits per heavy atom. The Kier molecular flexibility index (Phi) is 2.92. The molecule has 2 N–H and O–H groups in total. The lowest BCUT2D eigenvalue weighted by atomic mass is 9.89. The van der Waals surface area contributed by atoms with Gasteiger partial charge in [-0.1, -0.05) is 54.6 Å². The Hall–Kier alpha value is -2.76. The van der Waals surface area contributed by atoms with Crippen LogP contribution in [0.25, 0.3) is 43.1 Å². The fourth-order valence-corrected chi connectivity index (χ4v) is 5.29. The second-order valence-electron chi connectivity index (χ2n) is 6.33. The molecule has 0 saturated carbocycles. The van der Waals surface area contributed by atoms with Crippen LogP contribution in [-0.4, -0.2) is 8.42 Å². The zero-order chi connectivity index (χ0) is 18.2. The Morgan fingerprint density at radius 2 is 1.19 bits per heavy atom. The molecule has 0 fully saturated rings. The summed E-state index contributed by atoms with van der Waals surface area (Å²) in [5.74, 6) is 0. The van der Waals surface area contributed by atoms with Crippen molar-refractivity contribution >= 4 is 62.8 Å². The minimum Gasteiger partial charge on any atom is -0.298 e. The maximum atomic E-state index is 12.1. The number of nitrogens with one attached hydrogen (secondary N) is 2. The van der Waals surface area contributed by atoms with E-state index in [1.165, 1.54) is 0 Å². The zero-order valence-corrected chi connectivity index (χ0v) is 14.9. The molecule has 0 aliphatic carbocycles. The lowest BCUT2D eigenvalue weighted by molar-refractivity contribution is 0.609. The first kappa shape index (κ1) is 15.5. The Bertz CT molecular complexity index is 1590. The van der Waals surface area contributed by atoms with Gasteiger partial charge >= 0.3 is 0 Å². The summed E-state index contributed by atoms with van der Waals surface area (Å²) >= 11 is 0. The maximum Gasteiger partial charge on any atom is 0.264 e. The quantitative estimate of drug-likeness (QED) is 0.262. The number of fused-ring (bicyclic) bond motifs is 2. The highest BCUT2D eigenvalue weighted by Gasteiger charge is 2.23. The molecule has 5 aromatic carbocycles. The number of rotatable bonds is 1. The summed E-state index contributed by atoms with van der Waals surface area (Å²) in [6.45, 7) is 0. The van der Waals surface area contributed by atoms with E-state index in [9.17, 15) is 8.42 Å². The molecule has 126 valence electrons. The average Bonchev–Trinajstić information content (AvgIpc) is 2.60. The van der Waals surface area contributed by atoms with E-state index in [4.69, 9.17) is 21.5 Å². The molecule has 0 aliphatic rings. The van der Waals surface area contributed by atoms with Gasteiger partial charge in [0.2, 0.25) is 0 Å². The molecular weight excluding hydrogens is 368 g/mol. The Balaban J connectivity index is 2.32. The summed E-state index contributed by atoms with van der Waals surface area (Å²) in [6, 6.07) is 17.2. The molecule has 0 saturated heterocycles. The van der Waals surface area contributed by atoms with Gasteiger partial charge in [0.05, 0.1) is 5.36 Å². The van der Waals surface area contributed by atoms with Crippen LogP contribution in [0.1, 0.15) is 0 Å². The molecule has 26 heavy (non-hydrogen) atoms. The van der Waals surface area contributed by atoms with Crippen molar-refractivity contribution in [1.29, 1.82) is 10.8 Å². The van der Waals surface area contributed by atoms with E-state index in [0.717, 1.165) is 26.9 Å². The monoisotopic (exact) mass is 378 g/mol. The summed E-state index contributed by atoms with van der Waals surface area (Å²) < 4.78 is 24.3. The number of hydrogen-bond donors (Lipinski definition) is 2. The first-order valence-electron chi connectivity index (χ1n) is 7.92. The second kappa shape index (κ2) is 4.90. The molecule has 4 nitrogen and oxygen atoms in total. The van der Waals surface area contributed by atoms with E-state index in [1.54, 1.807) is 12.1 Å². The summed E-state index contributed by atoms with van der Waals surface area (Å²) in [6.07, 6.45) is 0. The predicted octanol–water partition coefficient (Wildman–Crippen LogP) is 4.06. The van der Waals surface area contributed by atoms with Crippen LogP contribution in [0, 0.1) is 10.8 Å². The van der Waals surface area contributed by atoms with Crippen molar-refractivity contribution in [2.45, 2.75) is 4.90 Å². The maximum absolute atomic E-state index is 12.1. The molecule has 5 rings (SSSR count). The fraction of sp³-hybridized carbons (Fsp3) is 0. The molecule has 0 aromatic heterocycles. The standard InChI is InChI=1S/C20H11ClN2O2S/c21-26(24,25)20-14-9-3-7-12-11-6-1-4-10-5-2-8-13(15(10)11)17(16(12)14)18(22)19(20)23/h1-9,22-23H.